The largest absolute Gasteiger partial charge is 0.360 e. The first-order valence-corrected chi connectivity index (χ1v) is 8.34. The van der Waals surface area contributed by atoms with E-state index >= 15 is 0 Å². The van der Waals surface area contributed by atoms with Crippen molar-refractivity contribution in [1.82, 2.24) is 19.6 Å². The van der Waals surface area contributed by atoms with E-state index < -0.39 is 0 Å². The zero-order valence-corrected chi connectivity index (χ0v) is 14.3. The van der Waals surface area contributed by atoms with Crippen molar-refractivity contribution < 1.29 is 4.52 Å². The first-order valence-electron chi connectivity index (χ1n) is 8.34. The van der Waals surface area contributed by atoms with Crippen molar-refractivity contribution in [3.63, 3.8) is 0 Å². The molecule has 5 nitrogen and oxygen atoms in total. The lowest BCUT2D eigenvalue weighted by molar-refractivity contribution is 0.221. The standard InChI is InChI=1S/C20H20N4O/c1-15(23(2)13-18-11-12-22-25-18)16-7-9-17(10-8-16)24-14-21-19-5-3-4-6-20(19)24/h3-12,14-15H,13H2,1-2H3. The lowest BCUT2D eigenvalue weighted by atomic mass is 10.1. The Hall–Kier alpha value is -2.92. The average Bonchev–Trinajstić information content (AvgIpc) is 3.31. The summed E-state index contributed by atoms with van der Waals surface area (Å²) in [6.45, 7) is 2.92. The van der Waals surface area contributed by atoms with Gasteiger partial charge in [0.05, 0.1) is 23.8 Å². The van der Waals surface area contributed by atoms with Crippen molar-refractivity contribution in [2.24, 2.45) is 0 Å². The van der Waals surface area contributed by atoms with E-state index in [-0.39, 0.29) is 6.04 Å². The molecule has 0 radical (unpaired) electrons. The summed E-state index contributed by atoms with van der Waals surface area (Å²) in [4.78, 5) is 6.70. The Morgan fingerprint density at radius 2 is 1.88 bits per heavy atom. The molecule has 0 saturated carbocycles. The molecular weight excluding hydrogens is 312 g/mol. The fourth-order valence-electron chi connectivity index (χ4n) is 3.04. The molecule has 0 fully saturated rings. The molecule has 126 valence electrons. The second kappa shape index (κ2) is 6.53. The lowest BCUT2D eigenvalue weighted by Crippen LogP contribution is -2.21. The third-order valence-corrected chi connectivity index (χ3v) is 4.66. The average molecular weight is 332 g/mol. The molecule has 0 aliphatic carbocycles. The highest BCUT2D eigenvalue weighted by Gasteiger charge is 2.14. The lowest BCUT2D eigenvalue weighted by Gasteiger charge is -2.24. The van der Waals surface area contributed by atoms with Crippen molar-refractivity contribution in [2.75, 3.05) is 7.05 Å². The Morgan fingerprint density at radius 1 is 1.08 bits per heavy atom. The Balaban J connectivity index is 1.55. The molecule has 2 aromatic heterocycles. The highest BCUT2D eigenvalue weighted by molar-refractivity contribution is 5.77. The van der Waals surface area contributed by atoms with Gasteiger partial charge >= 0.3 is 0 Å². The summed E-state index contributed by atoms with van der Waals surface area (Å²) in [6.07, 6.45) is 3.55. The number of para-hydroxylation sites is 2. The SMILES string of the molecule is CC(c1ccc(-n2cnc3ccccc32)cc1)N(C)Cc1ccno1. The summed E-state index contributed by atoms with van der Waals surface area (Å²) in [5.74, 6) is 0.871. The normalized spacial score (nSPS) is 12.8. The van der Waals surface area contributed by atoms with Crippen molar-refractivity contribution in [2.45, 2.75) is 19.5 Å². The number of rotatable bonds is 5. The smallest absolute Gasteiger partial charge is 0.150 e. The molecule has 0 amide bonds. The van der Waals surface area contributed by atoms with E-state index in [1.807, 2.05) is 30.6 Å². The fourth-order valence-corrected chi connectivity index (χ4v) is 3.04. The molecular formula is C20H20N4O. The van der Waals surface area contributed by atoms with Gasteiger partial charge in [-0.15, -0.1) is 0 Å². The predicted octanol–water partition coefficient (Wildman–Crippen LogP) is 4.21. The monoisotopic (exact) mass is 332 g/mol. The van der Waals surface area contributed by atoms with Crippen LogP contribution in [-0.4, -0.2) is 26.7 Å². The zero-order chi connectivity index (χ0) is 17.2. The van der Waals surface area contributed by atoms with Crippen molar-refractivity contribution in [1.29, 1.82) is 0 Å². The van der Waals surface area contributed by atoms with Crippen LogP contribution in [0, 0.1) is 0 Å². The van der Waals surface area contributed by atoms with Crippen LogP contribution < -0.4 is 0 Å². The van der Waals surface area contributed by atoms with Gasteiger partial charge < -0.3 is 4.52 Å². The van der Waals surface area contributed by atoms with Crippen LogP contribution in [0.3, 0.4) is 0 Å². The van der Waals surface area contributed by atoms with E-state index in [1.165, 1.54) is 5.56 Å². The highest BCUT2D eigenvalue weighted by Crippen LogP contribution is 2.23. The molecule has 0 aliphatic rings. The summed E-state index contributed by atoms with van der Waals surface area (Å²) in [6, 6.07) is 19.0. The molecule has 4 aromatic rings. The number of hydrogen-bond donors (Lipinski definition) is 0. The number of fused-ring (bicyclic) bond motifs is 1. The van der Waals surface area contributed by atoms with E-state index in [0.29, 0.717) is 0 Å². The van der Waals surface area contributed by atoms with Gasteiger partial charge in [-0.1, -0.05) is 29.4 Å². The Kier molecular flexibility index (Phi) is 4.07. The summed E-state index contributed by atoms with van der Waals surface area (Å²) in [7, 11) is 2.09. The maximum absolute atomic E-state index is 5.20. The maximum Gasteiger partial charge on any atom is 0.150 e. The highest BCUT2D eigenvalue weighted by atomic mass is 16.5. The topological polar surface area (TPSA) is 47.1 Å². The molecule has 1 atom stereocenters. The molecule has 5 heteroatoms. The Morgan fingerprint density at radius 3 is 2.64 bits per heavy atom. The summed E-state index contributed by atoms with van der Waals surface area (Å²) in [5.41, 5.74) is 4.50. The van der Waals surface area contributed by atoms with E-state index in [4.69, 9.17) is 4.52 Å². The summed E-state index contributed by atoms with van der Waals surface area (Å²) >= 11 is 0. The van der Waals surface area contributed by atoms with Crippen molar-refractivity contribution in [3.8, 4) is 5.69 Å². The van der Waals surface area contributed by atoms with E-state index in [1.54, 1.807) is 6.20 Å². The van der Waals surface area contributed by atoms with Crippen LogP contribution in [0.2, 0.25) is 0 Å². The van der Waals surface area contributed by atoms with Gasteiger partial charge in [-0.05, 0) is 43.8 Å². The quantitative estimate of drug-likeness (QED) is 0.549. The molecule has 2 heterocycles. The molecule has 4 rings (SSSR count). The molecule has 1 unspecified atom stereocenters. The molecule has 0 aliphatic heterocycles. The second-order valence-corrected chi connectivity index (χ2v) is 6.26. The zero-order valence-electron chi connectivity index (χ0n) is 14.3. The second-order valence-electron chi connectivity index (χ2n) is 6.26. The Labute approximate surface area is 146 Å². The van der Waals surface area contributed by atoms with E-state index in [9.17, 15) is 0 Å². The van der Waals surface area contributed by atoms with Gasteiger partial charge in [-0.3, -0.25) is 9.47 Å². The first-order chi connectivity index (χ1) is 12.2. The summed E-state index contributed by atoms with van der Waals surface area (Å²) in [5, 5.41) is 3.76. The van der Waals surface area contributed by atoms with Crippen LogP contribution in [0.4, 0.5) is 0 Å². The minimum atomic E-state index is 0.277. The van der Waals surface area contributed by atoms with E-state index in [0.717, 1.165) is 29.0 Å². The number of nitrogens with zero attached hydrogens (tertiary/aromatic N) is 4. The van der Waals surface area contributed by atoms with Crippen LogP contribution in [0.25, 0.3) is 16.7 Å². The molecule has 0 saturated heterocycles. The molecule has 0 spiro atoms. The van der Waals surface area contributed by atoms with Gasteiger partial charge in [0.25, 0.3) is 0 Å². The third kappa shape index (κ3) is 3.06. The van der Waals surface area contributed by atoms with Gasteiger partial charge in [-0.2, -0.15) is 0 Å². The molecule has 2 aromatic carbocycles. The Bertz CT molecular complexity index is 957. The number of imidazole rings is 1. The number of benzene rings is 2. The van der Waals surface area contributed by atoms with Gasteiger partial charge in [0, 0.05) is 17.8 Å². The van der Waals surface area contributed by atoms with Crippen LogP contribution in [0.15, 0.2) is 71.6 Å². The predicted molar refractivity (Wildman–Crippen MR) is 97.5 cm³/mol. The van der Waals surface area contributed by atoms with Crippen LogP contribution in [-0.2, 0) is 6.54 Å². The van der Waals surface area contributed by atoms with Gasteiger partial charge in [0.15, 0.2) is 5.76 Å². The molecule has 25 heavy (non-hydrogen) atoms. The summed E-state index contributed by atoms with van der Waals surface area (Å²) < 4.78 is 7.31. The third-order valence-electron chi connectivity index (χ3n) is 4.66. The number of aromatic nitrogens is 3. The molecule has 0 N–H and O–H groups in total. The maximum atomic E-state index is 5.20. The first kappa shape index (κ1) is 15.6. The van der Waals surface area contributed by atoms with Crippen molar-refractivity contribution in [3.05, 3.63) is 78.4 Å². The van der Waals surface area contributed by atoms with Crippen molar-refractivity contribution >= 4 is 11.0 Å². The van der Waals surface area contributed by atoms with Gasteiger partial charge in [0.2, 0.25) is 0 Å². The van der Waals surface area contributed by atoms with Crippen LogP contribution in [0.5, 0.6) is 0 Å². The molecule has 0 bridgehead atoms. The van der Waals surface area contributed by atoms with E-state index in [2.05, 4.69) is 63.9 Å². The van der Waals surface area contributed by atoms with Gasteiger partial charge in [-0.25, -0.2) is 4.98 Å². The fraction of sp³-hybridized carbons (Fsp3) is 0.200. The van der Waals surface area contributed by atoms with Crippen LogP contribution >= 0.6 is 0 Å². The minimum absolute atomic E-state index is 0.277. The van der Waals surface area contributed by atoms with Gasteiger partial charge in [0.1, 0.15) is 6.33 Å². The number of hydrogen-bond acceptors (Lipinski definition) is 4. The van der Waals surface area contributed by atoms with Crippen LogP contribution in [0.1, 0.15) is 24.3 Å². The minimum Gasteiger partial charge on any atom is -0.360 e.